The zero-order valence-corrected chi connectivity index (χ0v) is 11.2. The predicted molar refractivity (Wildman–Crippen MR) is 74.2 cm³/mol. The van der Waals surface area contributed by atoms with Crippen LogP contribution in [0.25, 0.3) is 0 Å². The first-order chi connectivity index (χ1) is 8.85. The van der Waals surface area contributed by atoms with Gasteiger partial charge in [0.25, 0.3) is 0 Å². The molecule has 1 aliphatic heterocycles. The van der Waals surface area contributed by atoms with E-state index in [0.717, 1.165) is 36.7 Å². The van der Waals surface area contributed by atoms with Crippen LogP contribution in [0.3, 0.4) is 0 Å². The van der Waals surface area contributed by atoms with E-state index in [2.05, 4.69) is 11.8 Å². The Bertz CT molecular complexity index is 379. The van der Waals surface area contributed by atoms with Crippen LogP contribution < -0.4 is 9.64 Å². The number of hydrogen-bond donors (Lipinski definition) is 1. The zero-order chi connectivity index (χ0) is 12.8. The molecular weight excluding hydrogens is 226 g/mol. The number of fused-ring (bicyclic) bond motifs is 1. The number of rotatable bonds is 6. The fourth-order valence-corrected chi connectivity index (χ4v) is 2.38. The van der Waals surface area contributed by atoms with E-state index in [4.69, 9.17) is 4.74 Å². The molecule has 0 fully saturated rings. The maximum atomic E-state index is 9.21. The van der Waals surface area contributed by atoms with Crippen LogP contribution in [0.5, 0.6) is 5.75 Å². The van der Waals surface area contributed by atoms with Crippen LogP contribution in [0.15, 0.2) is 18.2 Å². The lowest BCUT2D eigenvalue weighted by atomic mass is 10.1. The third-order valence-electron chi connectivity index (χ3n) is 3.45. The third kappa shape index (κ3) is 3.16. The van der Waals surface area contributed by atoms with Crippen molar-refractivity contribution in [3.05, 3.63) is 23.8 Å². The highest BCUT2D eigenvalue weighted by molar-refractivity contribution is 5.61. The summed E-state index contributed by atoms with van der Waals surface area (Å²) in [6.07, 6.45) is 5.11. The largest absolute Gasteiger partial charge is 0.490 e. The molecule has 3 nitrogen and oxygen atoms in total. The van der Waals surface area contributed by atoms with Crippen molar-refractivity contribution >= 4 is 5.69 Å². The molecule has 0 atom stereocenters. The second-order valence-electron chi connectivity index (χ2n) is 4.86. The second-order valence-corrected chi connectivity index (χ2v) is 4.86. The molecule has 2 rings (SSSR count). The molecule has 0 saturated heterocycles. The highest BCUT2D eigenvalue weighted by atomic mass is 16.5. The van der Waals surface area contributed by atoms with E-state index in [-0.39, 0.29) is 6.61 Å². The SMILES string of the molecule is CCCCCCN1CCOc2ccc(CO)cc21. The van der Waals surface area contributed by atoms with E-state index in [0.29, 0.717) is 0 Å². The molecule has 0 amide bonds. The van der Waals surface area contributed by atoms with Gasteiger partial charge in [0.05, 0.1) is 18.8 Å². The molecule has 0 aromatic heterocycles. The minimum absolute atomic E-state index is 0.0942. The molecule has 1 aliphatic rings. The third-order valence-corrected chi connectivity index (χ3v) is 3.45. The van der Waals surface area contributed by atoms with Crippen LogP contribution in [-0.4, -0.2) is 24.8 Å². The quantitative estimate of drug-likeness (QED) is 0.787. The molecule has 0 saturated carbocycles. The average Bonchev–Trinajstić information content (AvgIpc) is 2.43. The summed E-state index contributed by atoms with van der Waals surface area (Å²) in [5, 5.41) is 9.21. The van der Waals surface area contributed by atoms with E-state index in [1.807, 2.05) is 18.2 Å². The van der Waals surface area contributed by atoms with Crippen molar-refractivity contribution in [3.8, 4) is 5.75 Å². The highest BCUT2D eigenvalue weighted by Crippen LogP contribution is 2.32. The van der Waals surface area contributed by atoms with Gasteiger partial charge in [0.2, 0.25) is 0 Å². The number of benzene rings is 1. The molecule has 0 unspecified atom stereocenters. The van der Waals surface area contributed by atoms with E-state index in [9.17, 15) is 5.11 Å². The van der Waals surface area contributed by atoms with Crippen LogP contribution in [0.4, 0.5) is 5.69 Å². The number of hydrogen-bond acceptors (Lipinski definition) is 3. The fraction of sp³-hybridized carbons (Fsp3) is 0.600. The highest BCUT2D eigenvalue weighted by Gasteiger charge is 2.17. The van der Waals surface area contributed by atoms with E-state index in [1.54, 1.807) is 0 Å². The molecule has 0 aliphatic carbocycles. The van der Waals surface area contributed by atoms with Gasteiger partial charge >= 0.3 is 0 Å². The molecule has 1 heterocycles. The summed E-state index contributed by atoms with van der Waals surface area (Å²) in [6, 6.07) is 5.95. The maximum absolute atomic E-state index is 9.21. The number of anilines is 1. The van der Waals surface area contributed by atoms with Gasteiger partial charge in [-0.1, -0.05) is 32.3 Å². The Kier molecular flexibility index (Phi) is 4.88. The van der Waals surface area contributed by atoms with Gasteiger partial charge in [-0.05, 0) is 24.1 Å². The lowest BCUT2D eigenvalue weighted by molar-refractivity contribution is 0.280. The predicted octanol–water partition coefficient (Wildman–Crippen LogP) is 2.96. The number of ether oxygens (including phenoxy) is 1. The van der Waals surface area contributed by atoms with Gasteiger partial charge in [0, 0.05) is 6.54 Å². The summed E-state index contributed by atoms with van der Waals surface area (Å²) in [5.74, 6) is 0.953. The lowest BCUT2D eigenvalue weighted by Crippen LogP contribution is -2.33. The van der Waals surface area contributed by atoms with Gasteiger partial charge in [0.1, 0.15) is 12.4 Å². The maximum Gasteiger partial charge on any atom is 0.142 e. The summed E-state index contributed by atoms with van der Waals surface area (Å²) < 4.78 is 5.66. The van der Waals surface area contributed by atoms with Gasteiger partial charge in [-0.25, -0.2) is 0 Å². The van der Waals surface area contributed by atoms with Crippen molar-refractivity contribution in [3.63, 3.8) is 0 Å². The molecule has 3 heteroatoms. The summed E-state index contributed by atoms with van der Waals surface area (Å²) in [4.78, 5) is 2.38. The zero-order valence-electron chi connectivity index (χ0n) is 11.2. The van der Waals surface area contributed by atoms with Crippen LogP contribution >= 0.6 is 0 Å². The Morgan fingerprint density at radius 3 is 2.94 bits per heavy atom. The molecule has 1 aromatic rings. The van der Waals surface area contributed by atoms with Crippen molar-refractivity contribution in [2.45, 2.75) is 39.2 Å². The van der Waals surface area contributed by atoms with Crippen molar-refractivity contribution in [2.24, 2.45) is 0 Å². The number of unbranched alkanes of at least 4 members (excludes halogenated alkanes) is 3. The first-order valence-corrected chi connectivity index (χ1v) is 6.96. The lowest BCUT2D eigenvalue weighted by Gasteiger charge is -2.31. The number of nitrogens with zero attached hydrogens (tertiary/aromatic N) is 1. The van der Waals surface area contributed by atoms with E-state index < -0.39 is 0 Å². The van der Waals surface area contributed by atoms with Crippen molar-refractivity contribution in [1.29, 1.82) is 0 Å². The second kappa shape index (κ2) is 6.64. The first-order valence-electron chi connectivity index (χ1n) is 6.96. The summed E-state index contributed by atoms with van der Waals surface area (Å²) in [5.41, 5.74) is 2.10. The minimum Gasteiger partial charge on any atom is -0.490 e. The number of aliphatic hydroxyl groups excluding tert-OH is 1. The topological polar surface area (TPSA) is 32.7 Å². The molecule has 18 heavy (non-hydrogen) atoms. The van der Waals surface area contributed by atoms with E-state index in [1.165, 1.54) is 25.7 Å². The monoisotopic (exact) mass is 249 g/mol. The molecule has 1 N–H and O–H groups in total. The molecule has 0 spiro atoms. The Labute approximate surface area is 109 Å². The van der Waals surface area contributed by atoms with Crippen LogP contribution in [-0.2, 0) is 6.61 Å². The minimum atomic E-state index is 0.0942. The fourth-order valence-electron chi connectivity index (χ4n) is 2.38. The van der Waals surface area contributed by atoms with Crippen molar-refractivity contribution in [2.75, 3.05) is 24.6 Å². The van der Waals surface area contributed by atoms with Gasteiger partial charge in [-0.2, -0.15) is 0 Å². The van der Waals surface area contributed by atoms with Gasteiger partial charge < -0.3 is 14.7 Å². The molecule has 0 bridgehead atoms. The standard InChI is InChI=1S/C15H23NO2/c1-2-3-4-5-8-16-9-10-18-15-7-6-13(12-17)11-14(15)16/h6-7,11,17H,2-5,8-10,12H2,1H3. The molecular formula is C15H23NO2. The van der Waals surface area contributed by atoms with Crippen LogP contribution in [0, 0.1) is 0 Å². The molecule has 100 valence electrons. The van der Waals surface area contributed by atoms with Crippen LogP contribution in [0.1, 0.15) is 38.2 Å². The Hall–Kier alpha value is -1.22. The Morgan fingerprint density at radius 2 is 2.17 bits per heavy atom. The van der Waals surface area contributed by atoms with Crippen molar-refractivity contribution in [1.82, 2.24) is 0 Å². The average molecular weight is 249 g/mol. The normalized spacial score (nSPS) is 14.2. The van der Waals surface area contributed by atoms with Gasteiger partial charge in [-0.15, -0.1) is 0 Å². The molecule has 0 radical (unpaired) electrons. The Morgan fingerprint density at radius 1 is 1.28 bits per heavy atom. The first kappa shape index (κ1) is 13.2. The van der Waals surface area contributed by atoms with Crippen molar-refractivity contribution < 1.29 is 9.84 Å². The Balaban J connectivity index is 2.01. The van der Waals surface area contributed by atoms with Gasteiger partial charge in [0.15, 0.2) is 0 Å². The summed E-state index contributed by atoms with van der Waals surface area (Å²) in [6.45, 7) is 5.13. The van der Waals surface area contributed by atoms with E-state index >= 15 is 0 Å². The summed E-state index contributed by atoms with van der Waals surface area (Å²) >= 11 is 0. The van der Waals surface area contributed by atoms with Crippen LogP contribution in [0.2, 0.25) is 0 Å². The summed E-state index contributed by atoms with van der Waals surface area (Å²) in [7, 11) is 0. The molecule has 1 aromatic carbocycles. The van der Waals surface area contributed by atoms with Gasteiger partial charge in [-0.3, -0.25) is 0 Å². The number of aliphatic hydroxyl groups is 1. The smallest absolute Gasteiger partial charge is 0.142 e.